The fraction of sp³-hybridized carbons (Fsp3) is 0.857. The normalized spacial score (nSPS) is 28.9. The van der Waals surface area contributed by atoms with Crippen LogP contribution in [0.15, 0.2) is 4.99 Å². The highest BCUT2D eigenvalue weighted by Crippen LogP contribution is 2.32. The van der Waals surface area contributed by atoms with Gasteiger partial charge in [-0.3, -0.25) is 9.79 Å². The number of carbonyl (C=O) groups excluding carboxylic acids is 1. The van der Waals surface area contributed by atoms with Crippen LogP contribution in [0.3, 0.4) is 0 Å². The number of fused-ring (bicyclic) bond motifs is 1. The van der Waals surface area contributed by atoms with Crippen LogP contribution >= 0.6 is 11.8 Å². The van der Waals surface area contributed by atoms with Gasteiger partial charge in [0.05, 0.1) is 6.54 Å². The van der Waals surface area contributed by atoms with E-state index in [1.54, 1.807) is 0 Å². The van der Waals surface area contributed by atoms with Crippen LogP contribution < -0.4 is 10.6 Å². The third-order valence-electron chi connectivity index (χ3n) is 3.51. The first-order valence-electron chi connectivity index (χ1n) is 7.19. The molecule has 0 spiro atoms. The van der Waals surface area contributed by atoms with Crippen LogP contribution in [0.2, 0.25) is 0 Å². The summed E-state index contributed by atoms with van der Waals surface area (Å²) in [5.74, 6) is 2.09. The molecule has 1 aliphatic heterocycles. The zero-order chi connectivity index (χ0) is 13.9. The van der Waals surface area contributed by atoms with E-state index in [1.807, 2.05) is 32.5 Å². The molecule has 0 bridgehead atoms. The zero-order valence-corrected chi connectivity index (χ0v) is 13.0. The maximum absolute atomic E-state index is 11.7. The van der Waals surface area contributed by atoms with E-state index in [0.717, 1.165) is 11.1 Å². The Morgan fingerprint density at radius 2 is 2.26 bits per heavy atom. The molecule has 1 saturated heterocycles. The van der Waals surface area contributed by atoms with Gasteiger partial charge < -0.3 is 10.6 Å². The van der Waals surface area contributed by atoms with Crippen LogP contribution in [0.1, 0.15) is 46.5 Å². The molecule has 2 atom stereocenters. The Hall–Kier alpha value is -0.710. The fourth-order valence-corrected chi connectivity index (χ4v) is 3.83. The Morgan fingerprint density at radius 3 is 3.00 bits per heavy atom. The molecule has 5 heteroatoms. The van der Waals surface area contributed by atoms with Crippen molar-refractivity contribution in [3.63, 3.8) is 0 Å². The summed E-state index contributed by atoms with van der Waals surface area (Å²) < 4.78 is 0. The lowest BCUT2D eigenvalue weighted by Crippen LogP contribution is -2.42. The highest BCUT2D eigenvalue weighted by atomic mass is 32.2. The van der Waals surface area contributed by atoms with E-state index in [4.69, 9.17) is 0 Å². The molecular weight excluding hydrogens is 258 g/mol. The predicted molar refractivity (Wildman–Crippen MR) is 81.5 cm³/mol. The van der Waals surface area contributed by atoms with Crippen molar-refractivity contribution in [1.82, 2.24) is 10.6 Å². The van der Waals surface area contributed by atoms with E-state index in [2.05, 4.69) is 15.6 Å². The fourth-order valence-electron chi connectivity index (χ4n) is 2.64. The maximum atomic E-state index is 11.7. The molecule has 1 aliphatic carbocycles. The van der Waals surface area contributed by atoms with Crippen molar-refractivity contribution in [2.75, 3.05) is 12.3 Å². The number of amides is 1. The van der Waals surface area contributed by atoms with Gasteiger partial charge in [0, 0.05) is 23.8 Å². The first-order chi connectivity index (χ1) is 8.94. The number of aliphatic imine (C=N–C) groups is 1. The van der Waals surface area contributed by atoms with Crippen LogP contribution in [0, 0.1) is 5.92 Å². The Morgan fingerprint density at radius 1 is 1.47 bits per heavy atom. The average molecular weight is 283 g/mol. The van der Waals surface area contributed by atoms with Gasteiger partial charge in [-0.25, -0.2) is 0 Å². The van der Waals surface area contributed by atoms with Gasteiger partial charge in [0.1, 0.15) is 0 Å². The molecule has 0 radical (unpaired) electrons. The smallest absolute Gasteiger partial charge is 0.222 e. The van der Waals surface area contributed by atoms with Crippen molar-refractivity contribution in [3.05, 3.63) is 0 Å². The molecule has 2 aliphatic rings. The summed E-state index contributed by atoms with van der Waals surface area (Å²) >= 11 is 1.81. The molecule has 1 heterocycles. The van der Waals surface area contributed by atoms with E-state index in [-0.39, 0.29) is 11.4 Å². The first-order valence-corrected chi connectivity index (χ1v) is 8.17. The average Bonchev–Trinajstić information content (AvgIpc) is 2.73. The summed E-state index contributed by atoms with van der Waals surface area (Å²) in [4.78, 5) is 16.2. The molecule has 19 heavy (non-hydrogen) atoms. The molecule has 1 saturated carbocycles. The number of rotatable bonds is 3. The minimum atomic E-state index is -0.154. The summed E-state index contributed by atoms with van der Waals surface area (Å²) in [6.45, 7) is 6.56. The highest BCUT2D eigenvalue weighted by Gasteiger charge is 2.31. The van der Waals surface area contributed by atoms with Gasteiger partial charge in [0.15, 0.2) is 5.17 Å². The van der Waals surface area contributed by atoms with Crippen LogP contribution in [0.25, 0.3) is 0 Å². The second-order valence-corrected chi connectivity index (χ2v) is 7.50. The standard InChI is InChI=1S/C14H25N3OS/c1-14(2,3)17-12(18)7-8-15-13-16-11-6-4-5-10(11)9-19-13/h10-11H,4-9H2,1-3H3,(H,15,16)(H,17,18). The predicted octanol–water partition coefficient (Wildman–Crippen LogP) is 2.15. The Labute approximate surface area is 120 Å². The molecule has 2 rings (SSSR count). The molecule has 108 valence electrons. The lowest BCUT2D eigenvalue weighted by molar-refractivity contribution is -0.122. The minimum Gasteiger partial charge on any atom is -0.362 e. The van der Waals surface area contributed by atoms with Gasteiger partial charge in [0.2, 0.25) is 5.91 Å². The van der Waals surface area contributed by atoms with E-state index in [1.165, 1.54) is 25.0 Å². The summed E-state index contributed by atoms with van der Waals surface area (Å²) in [7, 11) is 0. The van der Waals surface area contributed by atoms with Gasteiger partial charge in [-0.05, 0) is 39.5 Å². The van der Waals surface area contributed by atoms with Crippen LogP contribution in [-0.2, 0) is 4.79 Å². The van der Waals surface area contributed by atoms with Gasteiger partial charge in [0.25, 0.3) is 0 Å². The van der Waals surface area contributed by atoms with Crippen molar-refractivity contribution < 1.29 is 4.79 Å². The van der Waals surface area contributed by atoms with Crippen molar-refractivity contribution >= 4 is 22.8 Å². The summed E-state index contributed by atoms with van der Waals surface area (Å²) in [5, 5.41) is 7.51. The largest absolute Gasteiger partial charge is 0.362 e. The third-order valence-corrected chi connectivity index (χ3v) is 4.63. The van der Waals surface area contributed by atoms with E-state index in [9.17, 15) is 4.79 Å². The molecule has 0 aromatic heterocycles. The summed E-state index contributed by atoms with van der Waals surface area (Å²) in [5.41, 5.74) is -0.154. The molecule has 2 fully saturated rings. The molecule has 2 N–H and O–H groups in total. The topological polar surface area (TPSA) is 53.5 Å². The molecule has 0 aromatic carbocycles. The monoisotopic (exact) mass is 283 g/mol. The van der Waals surface area contributed by atoms with Crippen molar-refractivity contribution in [2.45, 2.75) is 58.0 Å². The Bertz CT molecular complexity index is 362. The Kier molecular flexibility index (Phi) is 4.76. The van der Waals surface area contributed by atoms with Crippen molar-refractivity contribution in [2.24, 2.45) is 10.9 Å². The van der Waals surface area contributed by atoms with Gasteiger partial charge >= 0.3 is 0 Å². The van der Waals surface area contributed by atoms with Gasteiger partial charge in [-0.2, -0.15) is 0 Å². The quantitative estimate of drug-likeness (QED) is 0.834. The molecule has 0 aromatic rings. The van der Waals surface area contributed by atoms with Crippen LogP contribution in [0.4, 0.5) is 0 Å². The Balaban J connectivity index is 1.72. The SMILES string of the molecule is CC(C)(C)NC(=O)CCN=C1NC2CCCC2CS1. The number of thioether (sulfide) groups is 1. The highest BCUT2D eigenvalue weighted by molar-refractivity contribution is 8.13. The molecule has 2 unspecified atom stereocenters. The summed E-state index contributed by atoms with van der Waals surface area (Å²) in [6, 6.07) is 0.628. The maximum Gasteiger partial charge on any atom is 0.222 e. The molecule has 1 amide bonds. The molecule has 4 nitrogen and oxygen atoms in total. The second kappa shape index (κ2) is 6.16. The summed E-state index contributed by atoms with van der Waals surface area (Å²) in [6.07, 6.45) is 4.43. The van der Waals surface area contributed by atoms with E-state index >= 15 is 0 Å². The molecular formula is C14H25N3OS. The first kappa shape index (κ1) is 14.7. The van der Waals surface area contributed by atoms with Crippen molar-refractivity contribution in [3.8, 4) is 0 Å². The zero-order valence-electron chi connectivity index (χ0n) is 12.2. The van der Waals surface area contributed by atoms with Crippen molar-refractivity contribution in [1.29, 1.82) is 0 Å². The lowest BCUT2D eigenvalue weighted by Gasteiger charge is -2.28. The van der Waals surface area contributed by atoms with Crippen LogP contribution in [0.5, 0.6) is 0 Å². The number of nitrogens with zero attached hydrogens (tertiary/aromatic N) is 1. The van der Waals surface area contributed by atoms with Crippen LogP contribution in [-0.4, -0.2) is 35.0 Å². The lowest BCUT2D eigenvalue weighted by atomic mass is 10.1. The van der Waals surface area contributed by atoms with E-state index < -0.39 is 0 Å². The number of nitrogens with one attached hydrogen (secondary N) is 2. The number of amidine groups is 1. The second-order valence-electron chi connectivity index (χ2n) is 6.49. The van der Waals surface area contributed by atoms with E-state index in [0.29, 0.717) is 19.0 Å². The van der Waals surface area contributed by atoms with Gasteiger partial charge in [-0.15, -0.1) is 0 Å². The third kappa shape index (κ3) is 4.71. The number of carbonyl (C=O) groups is 1. The number of hydrogen-bond donors (Lipinski definition) is 2. The minimum absolute atomic E-state index is 0.0800. The van der Waals surface area contributed by atoms with Gasteiger partial charge in [-0.1, -0.05) is 18.2 Å². The number of hydrogen-bond acceptors (Lipinski definition) is 3.